The minimum Gasteiger partial charge on any atom is -0.482 e. The molecule has 1 aliphatic heterocycles. The monoisotopic (exact) mass is 302 g/mol. The number of fused-ring (bicyclic) bond motifs is 1. The van der Waals surface area contributed by atoms with Crippen LogP contribution >= 0.6 is 0 Å². The van der Waals surface area contributed by atoms with Crippen molar-refractivity contribution in [3.05, 3.63) is 23.8 Å². The molecule has 5 nitrogen and oxygen atoms in total. The Labute approximate surface area is 118 Å². The van der Waals surface area contributed by atoms with Crippen molar-refractivity contribution in [2.45, 2.75) is 25.6 Å². The predicted octanol–water partition coefficient (Wildman–Crippen LogP) is 2.15. The van der Waals surface area contributed by atoms with Gasteiger partial charge in [0.2, 0.25) is 5.91 Å². The van der Waals surface area contributed by atoms with Crippen molar-refractivity contribution in [2.75, 3.05) is 11.9 Å². The maximum atomic E-state index is 12.1. The minimum atomic E-state index is -4.54. The molecule has 0 radical (unpaired) electrons. The van der Waals surface area contributed by atoms with Gasteiger partial charge in [0.05, 0.1) is 11.7 Å². The first-order valence-electron chi connectivity index (χ1n) is 6.17. The molecule has 1 atom stereocenters. The third-order valence-electron chi connectivity index (χ3n) is 2.87. The van der Waals surface area contributed by atoms with Crippen molar-refractivity contribution in [3.8, 4) is 5.75 Å². The molecule has 1 aromatic rings. The van der Waals surface area contributed by atoms with E-state index in [1.54, 1.807) is 25.1 Å². The lowest BCUT2D eigenvalue weighted by Gasteiger charge is -2.21. The summed E-state index contributed by atoms with van der Waals surface area (Å²) in [7, 11) is 0. The lowest BCUT2D eigenvalue weighted by Crippen LogP contribution is -2.31. The molecule has 0 saturated heterocycles. The first-order valence-corrected chi connectivity index (χ1v) is 6.17. The summed E-state index contributed by atoms with van der Waals surface area (Å²) in [5, 5.41) is 4.85. The summed E-state index contributed by atoms with van der Waals surface area (Å²) in [5.41, 5.74) is 0.996. The number of nitrogens with one attached hydrogen (secondary N) is 2. The number of benzene rings is 1. The molecule has 2 N–H and O–H groups in total. The number of carbonyl (C=O) groups is 2. The number of halogens is 3. The molecule has 0 bridgehead atoms. The topological polar surface area (TPSA) is 67.4 Å². The van der Waals surface area contributed by atoms with Gasteiger partial charge < -0.3 is 15.4 Å². The number of carbonyl (C=O) groups excluding carboxylic acids is 2. The first kappa shape index (κ1) is 15.1. The van der Waals surface area contributed by atoms with Crippen LogP contribution in [0.15, 0.2) is 18.2 Å². The zero-order chi connectivity index (χ0) is 15.6. The second-order valence-corrected chi connectivity index (χ2v) is 4.67. The van der Waals surface area contributed by atoms with Gasteiger partial charge in [-0.05, 0) is 24.6 Å². The van der Waals surface area contributed by atoms with Crippen molar-refractivity contribution in [3.63, 3.8) is 0 Å². The summed E-state index contributed by atoms with van der Waals surface area (Å²) in [4.78, 5) is 22.5. The first-order chi connectivity index (χ1) is 9.74. The molecule has 0 fully saturated rings. The van der Waals surface area contributed by atoms with E-state index in [1.807, 2.05) is 0 Å². The molecule has 0 spiro atoms. The molecule has 1 aliphatic rings. The van der Waals surface area contributed by atoms with Crippen LogP contribution in [0, 0.1) is 0 Å². The molecule has 0 aliphatic carbocycles. The standard InChI is InChI=1S/C13H13F3N2O3/c1-7(17-11(19)5-13(14,15)16)8-2-3-10-9(4-8)18-12(20)6-21-10/h2-4,7H,5-6H2,1H3,(H,17,19)(H,18,20)/t7-/m0/s1. The number of alkyl halides is 3. The summed E-state index contributed by atoms with van der Waals surface area (Å²) >= 11 is 0. The van der Waals surface area contributed by atoms with E-state index >= 15 is 0 Å². The van der Waals surface area contributed by atoms with E-state index in [-0.39, 0.29) is 12.5 Å². The van der Waals surface area contributed by atoms with Gasteiger partial charge in [-0.1, -0.05) is 6.07 Å². The maximum absolute atomic E-state index is 12.1. The fourth-order valence-electron chi connectivity index (χ4n) is 1.93. The van der Waals surface area contributed by atoms with E-state index in [4.69, 9.17) is 4.74 Å². The van der Waals surface area contributed by atoms with Gasteiger partial charge in [0, 0.05) is 0 Å². The lowest BCUT2D eigenvalue weighted by molar-refractivity contribution is -0.154. The molecule has 21 heavy (non-hydrogen) atoms. The Morgan fingerprint density at radius 1 is 1.48 bits per heavy atom. The highest BCUT2D eigenvalue weighted by atomic mass is 19.4. The average Bonchev–Trinajstić information content (AvgIpc) is 2.35. The van der Waals surface area contributed by atoms with E-state index in [9.17, 15) is 22.8 Å². The van der Waals surface area contributed by atoms with Crippen LogP contribution in [-0.4, -0.2) is 24.6 Å². The lowest BCUT2D eigenvalue weighted by atomic mass is 10.1. The van der Waals surface area contributed by atoms with Gasteiger partial charge in [-0.15, -0.1) is 0 Å². The van der Waals surface area contributed by atoms with E-state index in [0.29, 0.717) is 17.0 Å². The number of hydrogen-bond acceptors (Lipinski definition) is 3. The van der Waals surface area contributed by atoms with Crippen molar-refractivity contribution < 1.29 is 27.5 Å². The van der Waals surface area contributed by atoms with Gasteiger partial charge in [-0.2, -0.15) is 13.2 Å². The highest BCUT2D eigenvalue weighted by molar-refractivity contribution is 5.95. The van der Waals surface area contributed by atoms with Gasteiger partial charge in [0.25, 0.3) is 5.91 Å². The summed E-state index contributed by atoms with van der Waals surface area (Å²) in [6.45, 7) is 1.48. The molecule has 0 aromatic heterocycles. The Morgan fingerprint density at radius 3 is 2.86 bits per heavy atom. The number of hydrogen-bond donors (Lipinski definition) is 2. The number of amides is 2. The second kappa shape index (κ2) is 5.63. The SMILES string of the molecule is C[C@H](NC(=O)CC(F)(F)F)c1ccc2c(c1)NC(=O)CO2. The molecular formula is C13H13F3N2O3. The van der Waals surface area contributed by atoms with Crippen LogP contribution in [0.5, 0.6) is 5.75 Å². The van der Waals surface area contributed by atoms with Crippen LogP contribution in [0.25, 0.3) is 0 Å². The third-order valence-corrected chi connectivity index (χ3v) is 2.87. The number of anilines is 1. The fraction of sp³-hybridized carbons (Fsp3) is 0.385. The van der Waals surface area contributed by atoms with E-state index < -0.39 is 24.5 Å². The normalized spacial score (nSPS) is 15.5. The second-order valence-electron chi connectivity index (χ2n) is 4.67. The van der Waals surface area contributed by atoms with E-state index in [2.05, 4.69) is 10.6 Å². The predicted molar refractivity (Wildman–Crippen MR) is 67.8 cm³/mol. The number of rotatable bonds is 3. The molecule has 8 heteroatoms. The average molecular weight is 302 g/mol. The van der Waals surface area contributed by atoms with Gasteiger partial charge >= 0.3 is 6.18 Å². The van der Waals surface area contributed by atoms with Gasteiger partial charge in [0.15, 0.2) is 6.61 Å². The van der Waals surface area contributed by atoms with Crippen LogP contribution in [0.2, 0.25) is 0 Å². The van der Waals surface area contributed by atoms with E-state index in [1.165, 1.54) is 0 Å². The molecule has 2 rings (SSSR count). The van der Waals surface area contributed by atoms with Crippen LogP contribution in [0.4, 0.5) is 18.9 Å². The zero-order valence-corrected chi connectivity index (χ0v) is 11.1. The quantitative estimate of drug-likeness (QED) is 0.899. The van der Waals surface area contributed by atoms with Crippen LogP contribution in [0.1, 0.15) is 24.9 Å². The van der Waals surface area contributed by atoms with Gasteiger partial charge in [0.1, 0.15) is 12.2 Å². The fourth-order valence-corrected chi connectivity index (χ4v) is 1.93. The zero-order valence-electron chi connectivity index (χ0n) is 11.1. The molecule has 2 amide bonds. The van der Waals surface area contributed by atoms with Gasteiger partial charge in [-0.25, -0.2) is 0 Å². The van der Waals surface area contributed by atoms with Crippen LogP contribution < -0.4 is 15.4 Å². The number of ether oxygens (including phenoxy) is 1. The molecular weight excluding hydrogens is 289 g/mol. The Hall–Kier alpha value is -2.25. The highest BCUT2D eigenvalue weighted by Crippen LogP contribution is 2.30. The Morgan fingerprint density at radius 2 is 2.19 bits per heavy atom. The summed E-state index contributed by atoms with van der Waals surface area (Å²) in [5.74, 6) is -0.936. The Balaban J connectivity index is 2.06. The Bertz CT molecular complexity index is 572. The van der Waals surface area contributed by atoms with Crippen LogP contribution in [0.3, 0.4) is 0 Å². The molecule has 0 unspecified atom stereocenters. The summed E-state index contributed by atoms with van der Waals surface area (Å²) < 4.78 is 41.5. The molecule has 114 valence electrons. The summed E-state index contributed by atoms with van der Waals surface area (Å²) in [6.07, 6.45) is -6.07. The van der Waals surface area contributed by atoms with Crippen molar-refractivity contribution in [1.82, 2.24) is 5.32 Å². The van der Waals surface area contributed by atoms with Gasteiger partial charge in [-0.3, -0.25) is 9.59 Å². The molecule has 1 aromatic carbocycles. The molecule has 0 saturated carbocycles. The van der Waals surface area contributed by atoms with Crippen molar-refractivity contribution >= 4 is 17.5 Å². The van der Waals surface area contributed by atoms with Crippen molar-refractivity contribution in [2.24, 2.45) is 0 Å². The minimum absolute atomic E-state index is 0.0791. The maximum Gasteiger partial charge on any atom is 0.397 e. The largest absolute Gasteiger partial charge is 0.482 e. The highest BCUT2D eigenvalue weighted by Gasteiger charge is 2.31. The smallest absolute Gasteiger partial charge is 0.397 e. The third kappa shape index (κ3) is 4.11. The van der Waals surface area contributed by atoms with E-state index in [0.717, 1.165) is 0 Å². The van der Waals surface area contributed by atoms with Crippen molar-refractivity contribution in [1.29, 1.82) is 0 Å². The summed E-state index contributed by atoms with van der Waals surface area (Å²) in [6, 6.07) is 4.15. The van der Waals surface area contributed by atoms with Crippen LogP contribution in [-0.2, 0) is 9.59 Å². The molecule has 1 heterocycles. The Kier molecular flexibility index (Phi) is 4.06.